The fourth-order valence-corrected chi connectivity index (χ4v) is 7.23. The molecule has 9 nitrogen and oxygen atoms in total. The molecule has 220 valence electrons. The molecule has 1 aromatic heterocycles. The number of hydrogen-bond acceptors (Lipinski definition) is 7. The van der Waals surface area contributed by atoms with Gasteiger partial charge in [0, 0.05) is 55.6 Å². The van der Waals surface area contributed by atoms with E-state index in [4.69, 9.17) is 4.74 Å². The van der Waals surface area contributed by atoms with Crippen molar-refractivity contribution in [3.8, 4) is 11.5 Å². The maximum Gasteiger partial charge on any atom is 0.258 e. The van der Waals surface area contributed by atoms with E-state index in [1.54, 1.807) is 11.1 Å². The minimum atomic E-state index is -0.898. The van der Waals surface area contributed by atoms with Gasteiger partial charge in [-0.05, 0) is 65.2 Å². The Morgan fingerprint density at radius 2 is 1.83 bits per heavy atom. The number of halogens is 2. The summed E-state index contributed by atoms with van der Waals surface area (Å²) in [5.74, 6) is 0.132. The molecule has 1 N–H and O–H groups in total. The molecule has 0 unspecified atom stereocenters. The summed E-state index contributed by atoms with van der Waals surface area (Å²) in [6.07, 6.45) is 4.31. The van der Waals surface area contributed by atoms with Crippen molar-refractivity contribution in [2.45, 2.75) is 77.3 Å². The van der Waals surface area contributed by atoms with Crippen molar-refractivity contribution >= 4 is 17.6 Å². The molecule has 4 saturated heterocycles. The molecule has 5 fully saturated rings. The van der Waals surface area contributed by atoms with Gasteiger partial charge in [-0.25, -0.2) is 18.7 Å². The number of nitrogens with zero attached hydrogens (tertiary/aromatic N) is 5. The Morgan fingerprint density at radius 3 is 2.49 bits per heavy atom. The SMILES string of the molecule is CC(C)N(C(=O)c1cc(F)ccc1Oc1cncnc1N1CC2(CN(C(=O)[C@H]3N[C@H]4CC[C@@H]3[C@@H](F)C4)C2)C1)C(C)C. The second kappa shape index (κ2) is 10.5. The average Bonchev–Trinajstić information content (AvgIpc) is 2.88. The van der Waals surface area contributed by atoms with Crippen LogP contribution in [0, 0.1) is 17.2 Å². The number of hydrogen-bond donors (Lipinski definition) is 1. The number of benzene rings is 1. The van der Waals surface area contributed by atoms with Gasteiger partial charge in [-0.1, -0.05) is 0 Å². The number of anilines is 1. The van der Waals surface area contributed by atoms with Gasteiger partial charge in [0.25, 0.3) is 5.91 Å². The fourth-order valence-electron chi connectivity index (χ4n) is 7.23. The van der Waals surface area contributed by atoms with E-state index < -0.39 is 18.0 Å². The minimum Gasteiger partial charge on any atom is -0.451 e. The van der Waals surface area contributed by atoms with Crippen LogP contribution >= 0.6 is 0 Å². The van der Waals surface area contributed by atoms with Crippen LogP contribution in [0.5, 0.6) is 11.5 Å². The van der Waals surface area contributed by atoms with Crippen LogP contribution in [0.15, 0.2) is 30.7 Å². The van der Waals surface area contributed by atoms with Gasteiger partial charge in [0.2, 0.25) is 5.91 Å². The Labute approximate surface area is 239 Å². The maximum absolute atomic E-state index is 14.5. The van der Waals surface area contributed by atoms with Crippen LogP contribution < -0.4 is 15.0 Å². The van der Waals surface area contributed by atoms with E-state index in [-0.39, 0.29) is 52.6 Å². The summed E-state index contributed by atoms with van der Waals surface area (Å²) in [5, 5.41) is 3.37. The minimum absolute atomic E-state index is 0.0162. The third kappa shape index (κ3) is 5.02. The van der Waals surface area contributed by atoms with Crippen molar-refractivity contribution in [1.29, 1.82) is 0 Å². The zero-order valence-electron chi connectivity index (χ0n) is 24.0. The molecule has 7 rings (SSSR count). The summed E-state index contributed by atoms with van der Waals surface area (Å²) in [6.45, 7) is 10.3. The Bertz CT molecular complexity index is 1320. The van der Waals surface area contributed by atoms with E-state index in [1.807, 2.05) is 32.6 Å². The first-order chi connectivity index (χ1) is 19.5. The lowest BCUT2D eigenvalue weighted by Crippen LogP contribution is -2.75. The highest BCUT2D eigenvalue weighted by molar-refractivity contribution is 5.97. The lowest BCUT2D eigenvalue weighted by atomic mass is 9.70. The van der Waals surface area contributed by atoms with Crippen molar-refractivity contribution in [1.82, 2.24) is 25.1 Å². The van der Waals surface area contributed by atoms with Gasteiger partial charge < -0.3 is 24.8 Å². The smallest absolute Gasteiger partial charge is 0.258 e. The molecule has 1 spiro atoms. The molecule has 2 aromatic rings. The normalized spacial score (nSPS) is 26.2. The van der Waals surface area contributed by atoms with Crippen molar-refractivity contribution in [2.24, 2.45) is 11.3 Å². The number of aromatic nitrogens is 2. The average molecular weight is 569 g/mol. The third-order valence-electron chi connectivity index (χ3n) is 9.05. The summed E-state index contributed by atoms with van der Waals surface area (Å²) < 4.78 is 34.9. The van der Waals surface area contributed by atoms with Gasteiger partial charge in [-0.3, -0.25) is 9.59 Å². The van der Waals surface area contributed by atoms with Crippen molar-refractivity contribution < 1.29 is 23.1 Å². The Hall–Kier alpha value is -3.34. The third-order valence-corrected chi connectivity index (χ3v) is 9.05. The lowest BCUT2D eigenvalue weighted by Gasteiger charge is -2.61. The Morgan fingerprint density at radius 1 is 1.10 bits per heavy atom. The van der Waals surface area contributed by atoms with Gasteiger partial charge in [0.05, 0.1) is 17.8 Å². The van der Waals surface area contributed by atoms with E-state index in [0.29, 0.717) is 44.2 Å². The molecule has 0 radical (unpaired) electrons. The molecule has 1 aromatic carbocycles. The van der Waals surface area contributed by atoms with Crippen molar-refractivity contribution in [3.63, 3.8) is 0 Å². The summed E-state index contributed by atoms with van der Waals surface area (Å²) in [4.78, 5) is 40.8. The molecule has 5 heterocycles. The number of rotatable bonds is 7. The van der Waals surface area contributed by atoms with Crippen LogP contribution in [-0.2, 0) is 4.79 Å². The highest BCUT2D eigenvalue weighted by atomic mass is 19.1. The van der Waals surface area contributed by atoms with Crippen LogP contribution in [0.1, 0.15) is 57.3 Å². The lowest BCUT2D eigenvalue weighted by molar-refractivity contribution is -0.153. The number of fused-ring (bicyclic) bond motifs is 3. The predicted molar refractivity (Wildman–Crippen MR) is 149 cm³/mol. The van der Waals surface area contributed by atoms with Crippen LogP contribution in [0.25, 0.3) is 0 Å². The van der Waals surface area contributed by atoms with E-state index >= 15 is 0 Å². The molecule has 4 aliphatic heterocycles. The quantitative estimate of drug-likeness (QED) is 0.544. The number of nitrogens with one attached hydrogen (secondary N) is 1. The van der Waals surface area contributed by atoms with Gasteiger partial charge in [-0.15, -0.1) is 0 Å². The van der Waals surface area contributed by atoms with Crippen LogP contribution in [0.2, 0.25) is 0 Å². The van der Waals surface area contributed by atoms with Gasteiger partial charge in [0.15, 0.2) is 11.6 Å². The second-order valence-corrected chi connectivity index (χ2v) is 12.7. The molecular weight excluding hydrogens is 530 g/mol. The summed E-state index contributed by atoms with van der Waals surface area (Å²) in [7, 11) is 0. The summed E-state index contributed by atoms with van der Waals surface area (Å²) >= 11 is 0. The summed E-state index contributed by atoms with van der Waals surface area (Å²) in [5.41, 5.74) is 0.100. The number of alkyl halides is 1. The van der Waals surface area contributed by atoms with E-state index in [1.165, 1.54) is 24.5 Å². The Kier molecular flexibility index (Phi) is 7.12. The largest absolute Gasteiger partial charge is 0.451 e. The fraction of sp³-hybridized carbons (Fsp3) is 0.600. The molecule has 1 saturated carbocycles. The van der Waals surface area contributed by atoms with Gasteiger partial charge in [0.1, 0.15) is 24.1 Å². The number of piperidine rings is 2. The highest BCUT2D eigenvalue weighted by Crippen LogP contribution is 2.45. The molecule has 2 amide bonds. The van der Waals surface area contributed by atoms with Crippen LogP contribution in [-0.4, -0.2) is 88.1 Å². The number of carbonyl (C=O) groups is 2. The number of ether oxygens (including phenoxy) is 1. The number of carbonyl (C=O) groups excluding carboxylic acids is 2. The predicted octanol–water partition coefficient (Wildman–Crippen LogP) is 3.79. The molecule has 4 atom stereocenters. The second-order valence-electron chi connectivity index (χ2n) is 12.7. The molecule has 11 heteroatoms. The standard InChI is InChI=1S/C30H38F2N6O3/c1-17(2)38(18(3)4)28(39)22-9-19(31)5-8-24(22)41-25-11-33-16-34-27(25)36-12-30(13-36)14-37(15-30)29(40)26-21-7-6-20(35-26)10-23(21)32/h5,8-9,11,16-18,20-21,23,26,35H,6-7,10,12-15H2,1-4H3/t20-,21+,23-,26-/m0/s1. The van der Waals surface area contributed by atoms with Crippen molar-refractivity contribution in [3.05, 3.63) is 42.1 Å². The topological polar surface area (TPSA) is 90.9 Å². The van der Waals surface area contributed by atoms with Gasteiger partial charge in [-0.2, -0.15) is 0 Å². The molecule has 1 aliphatic carbocycles. The molecule has 2 bridgehead atoms. The van der Waals surface area contributed by atoms with E-state index in [2.05, 4.69) is 20.2 Å². The van der Waals surface area contributed by atoms with E-state index in [0.717, 1.165) is 12.8 Å². The summed E-state index contributed by atoms with van der Waals surface area (Å²) in [6, 6.07) is 3.45. The molecular formula is C30H38F2N6O3. The molecule has 41 heavy (non-hydrogen) atoms. The monoisotopic (exact) mass is 568 g/mol. The first-order valence-corrected chi connectivity index (χ1v) is 14.6. The van der Waals surface area contributed by atoms with Crippen molar-refractivity contribution in [2.75, 3.05) is 31.1 Å². The first-order valence-electron chi connectivity index (χ1n) is 14.6. The zero-order chi connectivity index (χ0) is 29.1. The molecule has 5 aliphatic rings. The van der Waals surface area contributed by atoms with Crippen LogP contribution in [0.4, 0.5) is 14.6 Å². The van der Waals surface area contributed by atoms with E-state index in [9.17, 15) is 18.4 Å². The zero-order valence-corrected chi connectivity index (χ0v) is 24.0. The highest BCUT2D eigenvalue weighted by Gasteiger charge is 2.56. The van der Waals surface area contributed by atoms with Crippen LogP contribution in [0.3, 0.4) is 0 Å². The number of amides is 2. The number of likely N-dealkylation sites (tertiary alicyclic amines) is 1. The van der Waals surface area contributed by atoms with Gasteiger partial charge >= 0.3 is 0 Å². The maximum atomic E-state index is 14.5. The first kappa shape index (κ1) is 27.8. The Balaban J connectivity index is 1.13.